The van der Waals surface area contributed by atoms with Crippen LogP contribution in [0.1, 0.15) is 44.1 Å². The maximum atomic E-state index is 14.0. The maximum absolute atomic E-state index is 14.0. The number of halogens is 1. The van der Waals surface area contributed by atoms with Crippen LogP contribution in [0.5, 0.6) is 0 Å². The van der Waals surface area contributed by atoms with E-state index in [0.717, 1.165) is 38.5 Å². The highest BCUT2D eigenvalue weighted by molar-refractivity contribution is 7.99. The number of aromatic nitrogens is 1. The molecule has 4 rings (SSSR count). The van der Waals surface area contributed by atoms with Crippen LogP contribution in [0, 0.1) is 5.82 Å². The Kier molecular flexibility index (Phi) is 7.48. The number of hydrogen-bond donors (Lipinski definition) is 0. The summed E-state index contributed by atoms with van der Waals surface area (Å²) in [7, 11) is -3.54. The number of pyridine rings is 1. The average molecular weight is 478 g/mol. The van der Waals surface area contributed by atoms with Crippen LogP contribution in [0.4, 0.5) is 4.39 Å². The molecule has 6 nitrogen and oxygen atoms in total. The smallest absolute Gasteiger partial charge is 0.244 e. The summed E-state index contributed by atoms with van der Waals surface area (Å²) in [6.07, 6.45) is 7.13. The molecule has 1 saturated carbocycles. The van der Waals surface area contributed by atoms with Gasteiger partial charge in [0, 0.05) is 37.4 Å². The molecule has 0 N–H and O–H groups in total. The van der Waals surface area contributed by atoms with Crippen LogP contribution in [-0.2, 0) is 21.4 Å². The van der Waals surface area contributed by atoms with E-state index in [0.29, 0.717) is 23.7 Å². The zero-order valence-corrected chi connectivity index (χ0v) is 19.6. The summed E-state index contributed by atoms with van der Waals surface area (Å²) in [4.78, 5) is 19.0. The van der Waals surface area contributed by atoms with Crippen LogP contribution in [-0.4, -0.2) is 53.4 Å². The minimum Gasteiger partial charge on any atom is -0.335 e. The third kappa shape index (κ3) is 5.68. The van der Waals surface area contributed by atoms with Crippen molar-refractivity contribution >= 4 is 27.7 Å². The molecule has 0 unspecified atom stereocenters. The predicted molar refractivity (Wildman–Crippen MR) is 122 cm³/mol. The van der Waals surface area contributed by atoms with E-state index in [2.05, 4.69) is 4.98 Å². The van der Waals surface area contributed by atoms with Gasteiger partial charge in [0.1, 0.15) is 10.7 Å². The second-order valence-corrected chi connectivity index (χ2v) is 11.2. The molecule has 2 aromatic rings. The van der Waals surface area contributed by atoms with Gasteiger partial charge in [-0.1, -0.05) is 42.8 Å². The van der Waals surface area contributed by atoms with Crippen molar-refractivity contribution in [3.63, 3.8) is 0 Å². The van der Waals surface area contributed by atoms with E-state index in [-0.39, 0.29) is 35.0 Å². The molecule has 1 aromatic carbocycles. The number of rotatable bonds is 8. The van der Waals surface area contributed by atoms with Gasteiger partial charge in [-0.25, -0.2) is 17.8 Å². The lowest BCUT2D eigenvalue weighted by atomic mass is 10.2. The van der Waals surface area contributed by atoms with Crippen molar-refractivity contribution in [1.29, 1.82) is 0 Å². The largest absolute Gasteiger partial charge is 0.335 e. The van der Waals surface area contributed by atoms with Crippen LogP contribution in [0.3, 0.4) is 0 Å². The standard InChI is InChI=1S/C23H28FN3O3S2/c24-21-8-4-3-7-18(21)16-27(19-9-10-19)23(28)17-31-22-12-11-20(15-25-22)32(29,30)26-13-5-1-2-6-14-26/h3-4,7-8,11-12,15,19H,1-2,5-6,9-10,13-14,16-17H2. The summed E-state index contributed by atoms with van der Waals surface area (Å²) in [5.41, 5.74) is 0.513. The molecular weight excluding hydrogens is 449 g/mol. The van der Waals surface area contributed by atoms with E-state index >= 15 is 0 Å². The van der Waals surface area contributed by atoms with Crippen molar-refractivity contribution in [1.82, 2.24) is 14.2 Å². The second kappa shape index (κ2) is 10.3. The highest BCUT2D eigenvalue weighted by Crippen LogP contribution is 2.30. The number of nitrogens with zero attached hydrogens (tertiary/aromatic N) is 3. The molecule has 32 heavy (non-hydrogen) atoms. The lowest BCUT2D eigenvalue weighted by Crippen LogP contribution is -2.34. The summed E-state index contributed by atoms with van der Waals surface area (Å²) in [6.45, 7) is 1.36. The Morgan fingerprint density at radius 3 is 2.44 bits per heavy atom. The van der Waals surface area contributed by atoms with E-state index in [1.165, 1.54) is 24.0 Å². The van der Waals surface area contributed by atoms with Crippen molar-refractivity contribution in [3.8, 4) is 0 Å². The lowest BCUT2D eigenvalue weighted by Gasteiger charge is -2.22. The third-order valence-corrected chi connectivity index (χ3v) is 8.67. The highest BCUT2D eigenvalue weighted by Gasteiger charge is 2.33. The average Bonchev–Trinajstić information content (AvgIpc) is 3.64. The van der Waals surface area contributed by atoms with Gasteiger partial charge in [0.15, 0.2) is 0 Å². The van der Waals surface area contributed by atoms with Gasteiger partial charge in [-0.2, -0.15) is 4.31 Å². The zero-order valence-electron chi connectivity index (χ0n) is 18.0. The van der Waals surface area contributed by atoms with Gasteiger partial charge < -0.3 is 4.90 Å². The van der Waals surface area contributed by atoms with Gasteiger partial charge in [-0.05, 0) is 43.9 Å². The number of carbonyl (C=O) groups is 1. The van der Waals surface area contributed by atoms with Crippen molar-refractivity contribution in [2.24, 2.45) is 0 Å². The van der Waals surface area contributed by atoms with Gasteiger partial charge in [0.2, 0.25) is 15.9 Å². The van der Waals surface area contributed by atoms with Gasteiger partial charge >= 0.3 is 0 Å². The molecule has 0 radical (unpaired) electrons. The summed E-state index contributed by atoms with van der Waals surface area (Å²) in [5.74, 6) is -0.193. The number of carbonyl (C=O) groups excluding carboxylic acids is 1. The molecule has 0 bridgehead atoms. The van der Waals surface area contributed by atoms with E-state index in [1.807, 2.05) is 0 Å². The fourth-order valence-electron chi connectivity index (χ4n) is 3.87. The summed E-state index contributed by atoms with van der Waals surface area (Å²) in [6, 6.07) is 9.91. The topological polar surface area (TPSA) is 70.6 Å². The molecule has 9 heteroatoms. The first-order valence-electron chi connectivity index (χ1n) is 11.1. The van der Waals surface area contributed by atoms with Gasteiger partial charge in [-0.3, -0.25) is 4.79 Å². The number of benzene rings is 1. The van der Waals surface area contributed by atoms with Crippen LogP contribution in [0.25, 0.3) is 0 Å². The van der Waals surface area contributed by atoms with Gasteiger partial charge in [0.05, 0.1) is 10.8 Å². The minimum absolute atomic E-state index is 0.0659. The van der Waals surface area contributed by atoms with E-state index in [9.17, 15) is 17.6 Å². The Morgan fingerprint density at radius 1 is 1.09 bits per heavy atom. The van der Waals surface area contributed by atoms with Crippen molar-refractivity contribution < 1.29 is 17.6 Å². The van der Waals surface area contributed by atoms with Crippen molar-refractivity contribution in [2.45, 2.75) is 61.0 Å². The fourth-order valence-corrected chi connectivity index (χ4v) is 6.06. The number of hydrogen-bond acceptors (Lipinski definition) is 5. The fraction of sp³-hybridized carbons (Fsp3) is 0.478. The number of amides is 1. The molecule has 2 aliphatic rings. The van der Waals surface area contributed by atoms with Crippen LogP contribution >= 0.6 is 11.8 Å². The third-order valence-electron chi connectivity index (χ3n) is 5.86. The van der Waals surface area contributed by atoms with E-state index in [1.54, 1.807) is 39.5 Å². The molecule has 1 saturated heterocycles. The quantitative estimate of drug-likeness (QED) is 0.536. The highest BCUT2D eigenvalue weighted by atomic mass is 32.2. The number of sulfonamides is 1. The summed E-state index contributed by atoms with van der Waals surface area (Å²) >= 11 is 1.27. The Morgan fingerprint density at radius 2 is 1.81 bits per heavy atom. The Balaban J connectivity index is 1.37. The van der Waals surface area contributed by atoms with Crippen LogP contribution < -0.4 is 0 Å². The second-order valence-electron chi connectivity index (χ2n) is 8.28. The summed E-state index contributed by atoms with van der Waals surface area (Å²) < 4.78 is 41.3. The van der Waals surface area contributed by atoms with E-state index in [4.69, 9.17) is 0 Å². The molecule has 1 amide bonds. The Hall–Kier alpha value is -1.97. The lowest BCUT2D eigenvalue weighted by molar-refractivity contribution is -0.129. The first kappa shape index (κ1) is 23.2. The normalized spacial score (nSPS) is 17.7. The first-order chi connectivity index (χ1) is 15.4. The SMILES string of the molecule is O=C(CSc1ccc(S(=O)(=O)N2CCCCCC2)cn1)N(Cc1ccccc1F)C1CC1. The molecule has 1 aromatic heterocycles. The van der Waals surface area contributed by atoms with Gasteiger partial charge in [-0.15, -0.1) is 0 Å². The molecular formula is C23H28FN3O3S2. The predicted octanol–water partition coefficient (Wildman–Crippen LogP) is 4.07. The molecule has 1 aliphatic carbocycles. The first-order valence-corrected chi connectivity index (χ1v) is 13.5. The molecule has 0 atom stereocenters. The zero-order chi connectivity index (χ0) is 22.6. The monoisotopic (exact) mass is 477 g/mol. The molecule has 2 fully saturated rings. The van der Waals surface area contributed by atoms with E-state index < -0.39 is 10.0 Å². The van der Waals surface area contributed by atoms with Crippen LogP contribution in [0.2, 0.25) is 0 Å². The number of thioether (sulfide) groups is 1. The molecule has 1 aliphatic heterocycles. The Bertz CT molecular complexity index is 1030. The molecule has 172 valence electrons. The van der Waals surface area contributed by atoms with Crippen molar-refractivity contribution in [2.75, 3.05) is 18.8 Å². The maximum Gasteiger partial charge on any atom is 0.244 e. The van der Waals surface area contributed by atoms with Gasteiger partial charge in [0.25, 0.3) is 0 Å². The van der Waals surface area contributed by atoms with Crippen molar-refractivity contribution in [3.05, 3.63) is 54.0 Å². The van der Waals surface area contributed by atoms with Crippen LogP contribution in [0.15, 0.2) is 52.5 Å². The Labute approximate surface area is 193 Å². The molecule has 0 spiro atoms. The minimum atomic E-state index is -3.54. The summed E-state index contributed by atoms with van der Waals surface area (Å²) in [5, 5.41) is 0.592. The molecule has 2 heterocycles.